The lowest BCUT2D eigenvalue weighted by molar-refractivity contribution is -0.145. The summed E-state index contributed by atoms with van der Waals surface area (Å²) in [7, 11) is 1.96. The summed E-state index contributed by atoms with van der Waals surface area (Å²) >= 11 is 0. The normalized spacial score (nSPS) is 20.1. The van der Waals surface area contributed by atoms with Crippen molar-refractivity contribution in [2.75, 3.05) is 6.54 Å². The van der Waals surface area contributed by atoms with E-state index in [1.807, 2.05) is 29.9 Å². The van der Waals surface area contributed by atoms with Crippen LogP contribution in [-0.2, 0) is 16.6 Å². The molecule has 0 aromatic carbocycles. The molecule has 1 amide bonds. The SMILES string of the molecule is Cn1cccc1C1CCCCCN1C(=O)CC(=O)O. The molecule has 0 bridgehead atoms. The molecule has 0 spiro atoms. The van der Waals surface area contributed by atoms with E-state index in [2.05, 4.69) is 0 Å². The molecule has 1 unspecified atom stereocenters. The second kappa shape index (κ2) is 5.91. The van der Waals surface area contributed by atoms with E-state index in [9.17, 15) is 9.59 Å². The Morgan fingerprint density at radius 1 is 1.37 bits per heavy atom. The Hall–Kier alpha value is -1.78. The third-order valence-corrected chi connectivity index (χ3v) is 3.70. The number of aromatic nitrogens is 1. The van der Waals surface area contributed by atoms with E-state index in [1.54, 1.807) is 4.90 Å². The van der Waals surface area contributed by atoms with Gasteiger partial charge in [-0.15, -0.1) is 0 Å². The molecule has 1 fully saturated rings. The summed E-state index contributed by atoms with van der Waals surface area (Å²) in [5.74, 6) is -1.33. The lowest BCUT2D eigenvalue weighted by Gasteiger charge is -2.30. The maximum Gasteiger partial charge on any atom is 0.312 e. The van der Waals surface area contributed by atoms with Crippen LogP contribution in [-0.4, -0.2) is 33.0 Å². The minimum atomic E-state index is -1.06. The first-order valence-corrected chi connectivity index (χ1v) is 6.72. The molecule has 1 aliphatic heterocycles. The molecule has 104 valence electrons. The smallest absolute Gasteiger partial charge is 0.312 e. The second-order valence-corrected chi connectivity index (χ2v) is 5.07. The number of carbonyl (C=O) groups excluding carboxylic acids is 1. The quantitative estimate of drug-likeness (QED) is 0.849. The van der Waals surface area contributed by atoms with Gasteiger partial charge in [-0.2, -0.15) is 0 Å². The van der Waals surface area contributed by atoms with Crippen LogP contribution in [0.3, 0.4) is 0 Å². The number of hydrogen-bond acceptors (Lipinski definition) is 2. The predicted octanol–water partition coefficient (Wildman–Crippen LogP) is 1.94. The number of carbonyl (C=O) groups is 2. The zero-order valence-electron chi connectivity index (χ0n) is 11.2. The Bertz CT molecular complexity index is 467. The molecule has 1 N–H and O–H groups in total. The maximum absolute atomic E-state index is 12.1. The monoisotopic (exact) mass is 264 g/mol. The van der Waals surface area contributed by atoms with Crippen molar-refractivity contribution >= 4 is 11.9 Å². The minimum absolute atomic E-state index is 0.00866. The Morgan fingerprint density at radius 2 is 2.16 bits per heavy atom. The molecule has 1 aromatic rings. The molecule has 5 heteroatoms. The molecule has 1 atom stereocenters. The Morgan fingerprint density at radius 3 is 2.79 bits per heavy atom. The van der Waals surface area contributed by atoms with Crippen LogP contribution < -0.4 is 0 Å². The molecule has 1 aliphatic rings. The van der Waals surface area contributed by atoms with Gasteiger partial charge in [-0.05, 0) is 25.0 Å². The highest BCUT2D eigenvalue weighted by Gasteiger charge is 2.28. The Kier molecular flexibility index (Phi) is 4.24. The first kappa shape index (κ1) is 13.6. The van der Waals surface area contributed by atoms with Crippen molar-refractivity contribution in [1.82, 2.24) is 9.47 Å². The van der Waals surface area contributed by atoms with Gasteiger partial charge < -0.3 is 14.6 Å². The van der Waals surface area contributed by atoms with Crippen molar-refractivity contribution in [3.8, 4) is 0 Å². The van der Waals surface area contributed by atoms with Crippen LogP contribution in [0.25, 0.3) is 0 Å². The lowest BCUT2D eigenvalue weighted by Crippen LogP contribution is -2.36. The number of aryl methyl sites for hydroxylation is 1. The molecule has 1 aromatic heterocycles. The molecule has 1 saturated heterocycles. The van der Waals surface area contributed by atoms with Gasteiger partial charge in [0, 0.05) is 25.5 Å². The zero-order valence-corrected chi connectivity index (χ0v) is 11.2. The van der Waals surface area contributed by atoms with Gasteiger partial charge in [0.15, 0.2) is 0 Å². The molecule has 0 saturated carbocycles. The molecule has 2 heterocycles. The van der Waals surface area contributed by atoms with Crippen LogP contribution in [0.1, 0.15) is 43.8 Å². The predicted molar refractivity (Wildman–Crippen MR) is 70.6 cm³/mol. The summed E-state index contributed by atoms with van der Waals surface area (Å²) in [6, 6.07) is 3.98. The summed E-state index contributed by atoms with van der Waals surface area (Å²) in [6.07, 6.45) is 5.57. The standard InChI is InChI=1S/C14H20N2O3/c1-15-8-5-7-11(15)12-6-3-2-4-9-16(12)13(17)10-14(18)19/h5,7-8,12H,2-4,6,9-10H2,1H3,(H,18,19). The Balaban J connectivity index is 2.23. The van der Waals surface area contributed by atoms with Gasteiger partial charge >= 0.3 is 5.97 Å². The van der Waals surface area contributed by atoms with Crippen LogP contribution in [0.4, 0.5) is 0 Å². The number of rotatable bonds is 3. The molecule has 0 aliphatic carbocycles. The number of aliphatic carboxylic acids is 1. The van der Waals surface area contributed by atoms with E-state index in [-0.39, 0.29) is 11.9 Å². The number of amides is 1. The molecular weight excluding hydrogens is 244 g/mol. The Labute approximate surface area is 112 Å². The molecular formula is C14H20N2O3. The van der Waals surface area contributed by atoms with E-state index < -0.39 is 12.4 Å². The summed E-state index contributed by atoms with van der Waals surface area (Å²) in [5, 5.41) is 8.80. The number of carboxylic acids is 1. The van der Waals surface area contributed by atoms with Crippen molar-refractivity contribution in [3.63, 3.8) is 0 Å². The van der Waals surface area contributed by atoms with Crippen LogP contribution in [0, 0.1) is 0 Å². The van der Waals surface area contributed by atoms with Gasteiger partial charge in [-0.1, -0.05) is 12.8 Å². The lowest BCUT2D eigenvalue weighted by atomic mass is 10.1. The molecule has 2 rings (SSSR count). The first-order chi connectivity index (χ1) is 9.09. The van der Waals surface area contributed by atoms with Crippen molar-refractivity contribution in [2.45, 2.75) is 38.1 Å². The van der Waals surface area contributed by atoms with Crippen molar-refractivity contribution in [3.05, 3.63) is 24.0 Å². The maximum atomic E-state index is 12.1. The number of carboxylic acid groups (broad SMARTS) is 1. The highest BCUT2D eigenvalue weighted by molar-refractivity contribution is 5.93. The summed E-state index contributed by atoms with van der Waals surface area (Å²) in [6.45, 7) is 0.655. The van der Waals surface area contributed by atoms with E-state index in [0.717, 1.165) is 31.4 Å². The zero-order chi connectivity index (χ0) is 13.8. The average Bonchev–Trinajstić information content (AvgIpc) is 2.63. The van der Waals surface area contributed by atoms with Gasteiger partial charge in [-0.25, -0.2) is 0 Å². The van der Waals surface area contributed by atoms with Gasteiger partial charge in [0.1, 0.15) is 6.42 Å². The van der Waals surface area contributed by atoms with E-state index in [4.69, 9.17) is 5.11 Å². The summed E-state index contributed by atoms with van der Waals surface area (Å²) in [5.41, 5.74) is 1.08. The van der Waals surface area contributed by atoms with Gasteiger partial charge in [0.05, 0.1) is 6.04 Å². The summed E-state index contributed by atoms with van der Waals surface area (Å²) < 4.78 is 2.01. The first-order valence-electron chi connectivity index (χ1n) is 6.72. The van der Waals surface area contributed by atoms with Crippen LogP contribution in [0.2, 0.25) is 0 Å². The van der Waals surface area contributed by atoms with E-state index in [0.29, 0.717) is 6.54 Å². The fourth-order valence-corrected chi connectivity index (χ4v) is 2.77. The van der Waals surface area contributed by atoms with Gasteiger partial charge in [0.25, 0.3) is 0 Å². The van der Waals surface area contributed by atoms with Gasteiger partial charge in [0.2, 0.25) is 5.91 Å². The third-order valence-electron chi connectivity index (χ3n) is 3.70. The van der Waals surface area contributed by atoms with E-state index >= 15 is 0 Å². The summed E-state index contributed by atoms with van der Waals surface area (Å²) in [4.78, 5) is 24.6. The largest absolute Gasteiger partial charge is 0.481 e. The van der Waals surface area contributed by atoms with Crippen molar-refractivity contribution in [1.29, 1.82) is 0 Å². The second-order valence-electron chi connectivity index (χ2n) is 5.07. The molecule has 5 nitrogen and oxygen atoms in total. The fourth-order valence-electron chi connectivity index (χ4n) is 2.77. The van der Waals surface area contributed by atoms with Gasteiger partial charge in [-0.3, -0.25) is 9.59 Å². The number of nitrogens with zero attached hydrogens (tertiary/aromatic N) is 2. The van der Waals surface area contributed by atoms with E-state index in [1.165, 1.54) is 0 Å². The van der Waals surface area contributed by atoms with Crippen LogP contribution in [0.15, 0.2) is 18.3 Å². The minimum Gasteiger partial charge on any atom is -0.481 e. The molecule has 0 radical (unpaired) electrons. The van der Waals surface area contributed by atoms with Crippen molar-refractivity contribution in [2.24, 2.45) is 7.05 Å². The topological polar surface area (TPSA) is 62.5 Å². The van der Waals surface area contributed by atoms with Crippen LogP contribution in [0.5, 0.6) is 0 Å². The average molecular weight is 264 g/mol. The fraction of sp³-hybridized carbons (Fsp3) is 0.571. The van der Waals surface area contributed by atoms with Crippen LogP contribution >= 0.6 is 0 Å². The van der Waals surface area contributed by atoms with Crippen molar-refractivity contribution < 1.29 is 14.7 Å². The third kappa shape index (κ3) is 3.16. The number of likely N-dealkylation sites (tertiary alicyclic amines) is 1. The molecule has 19 heavy (non-hydrogen) atoms. The number of hydrogen-bond donors (Lipinski definition) is 1. The highest BCUT2D eigenvalue weighted by Crippen LogP contribution is 2.30. The highest BCUT2D eigenvalue weighted by atomic mass is 16.4.